The van der Waals surface area contributed by atoms with Crippen molar-refractivity contribution in [2.24, 2.45) is 0 Å². The van der Waals surface area contributed by atoms with Crippen molar-refractivity contribution in [2.45, 2.75) is 45.1 Å². The molecule has 1 aromatic rings. The summed E-state index contributed by atoms with van der Waals surface area (Å²) in [6, 6.07) is 8.47. The number of carbonyl (C=O) groups excluding carboxylic acids is 1. The molecule has 1 atom stereocenters. The van der Waals surface area contributed by atoms with Gasteiger partial charge in [0.25, 0.3) is 0 Å². The Bertz CT molecular complexity index is 405. The number of esters is 1. The minimum absolute atomic E-state index is 0.0803. The zero-order chi connectivity index (χ0) is 13.7. The van der Waals surface area contributed by atoms with E-state index in [1.807, 2.05) is 0 Å². The van der Waals surface area contributed by atoms with Crippen molar-refractivity contribution in [1.29, 1.82) is 0 Å². The maximum Gasteiger partial charge on any atom is 0.323 e. The first-order valence-electron chi connectivity index (χ1n) is 7.15. The van der Waals surface area contributed by atoms with Gasteiger partial charge in [0.1, 0.15) is 6.04 Å². The molecule has 1 aliphatic heterocycles. The van der Waals surface area contributed by atoms with Crippen LogP contribution in [-0.2, 0) is 16.0 Å². The predicted molar refractivity (Wildman–Crippen MR) is 76.2 cm³/mol. The lowest BCUT2D eigenvalue weighted by Crippen LogP contribution is -2.32. The Morgan fingerprint density at radius 1 is 1.37 bits per heavy atom. The molecule has 1 saturated heterocycles. The highest BCUT2D eigenvalue weighted by Crippen LogP contribution is 2.15. The second kappa shape index (κ2) is 6.71. The Kier molecular flexibility index (Phi) is 4.97. The zero-order valence-corrected chi connectivity index (χ0v) is 11.8. The van der Waals surface area contributed by atoms with E-state index in [4.69, 9.17) is 4.74 Å². The van der Waals surface area contributed by atoms with E-state index < -0.39 is 0 Å². The Balaban J connectivity index is 1.74. The van der Waals surface area contributed by atoms with E-state index in [2.05, 4.69) is 43.4 Å². The van der Waals surface area contributed by atoms with E-state index in [1.54, 1.807) is 0 Å². The fourth-order valence-electron chi connectivity index (χ4n) is 2.32. The van der Waals surface area contributed by atoms with Crippen molar-refractivity contribution < 1.29 is 9.53 Å². The van der Waals surface area contributed by atoms with Gasteiger partial charge >= 0.3 is 5.97 Å². The molecule has 1 aliphatic rings. The Morgan fingerprint density at radius 2 is 2.11 bits per heavy atom. The zero-order valence-electron chi connectivity index (χ0n) is 11.8. The van der Waals surface area contributed by atoms with Crippen molar-refractivity contribution in [3.63, 3.8) is 0 Å². The third kappa shape index (κ3) is 4.06. The normalized spacial score (nSPS) is 18.8. The van der Waals surface area contributed by atoms with Gasteiger partial charge < -0.3 is 10.1 Å². The topological polar surface area (TPSA) is 38.3 Å². The van der Waals surface area contributed by atoms with Crippen LogP contribution < -0.4 is 5.32 Å². The average Bonchev–Trinajstić information content (AvgIpc) is 2.93. The second-order valence-corrected chi connectivity index (χ2v) is 5.46. The van der Waals surface area contributed by atoms with Gasteiger partial charge in [-0.25, -0.2) is 0 Å². The van der Waals surface area contributed by atoms with E-state index in [1.165, 1.54) is 11.1 Å². The molecule has 0 saturated carbocycles. The van der Waals surface area contributed by atoms with Gasteiger partial charge in [0.15, 0.2) is 0 Å². The molecular formula is C16H23NO2. The van der Waals surface area contributed by atoms with Crippen molar-refractivity contribution in [2.75, 3.05) is 13.2 Å². The second-order valence-electron chi connectivity index (χ2n) is 5.46. The lowest BCUT2D eigenvalue weighted by molar-refractivity contribution is -0.145. The molecule has 1 heterocycles. The van der Waals surface area contributed by atoms with E-state index in [0.717, 1.165) is 25.8 Å². The monoisotopic (exact) mass is 261 g/mol. The number of nitrogens with one attached hydrogen (secondary N) is 1. The molecule has 0 spiro atoms. The summed E-state index contributed by atoms with van der Waals surface area (Å²) >= 11 is 0. The fourth-order valence-corrected chi connectivity index (χ4v) is 2.32. The molecule has 0 bridgehead atoms. The molecule has 0 amide bonds. The third-order valence-electron chi connectivity index (χ3n) is 3.63. The highest BCUT2D eigenvalue weighted by atomic mass is 16.5. The molecule has 0 aliphatic carbocycles. The van der Waals surface area contributed by atoms with Crippen molar-refractivity contribution in [3.05, 3.63) is 35.4 Å². The highest BCUT2D eigenvalue weighted by molar-refractivity contribution is 5.76. The summed E-state index contributed by atoms with van der Waals surface area (Å²) in [6.07, 6.45) is 2.76. The number of rotatable bonds is 5. The number of hydrogen-bond acceptors (Lipinski definition) is 3. The molecule has 0 radical (unpaired) electrons. The lowest BCUT2D eigenvalue weighted by Gasteiger charge is -2.11. The summed E-state index contributed by atoms with van der Waals surface area (Å²) in [5.41, 5.74) is 2.56. The van der Waals surface area contributed by atoms with Crippen LogP contribution in [0.15, 0.2) is 24.3 Å². The largest absolute Gasteiger partial charge is 0.464 e. The van der Waals surface area contributed by atoms with E-state index >= 15 is 0 Å². The van der Waals surface area contributed by atoms with Crippen LogP contribution in [0.4, 0.5) is 0 Å². The third-order valence-corrected chi connectivity index (χ3v) is 3.63. The fraction of sp³-hybridized carbons (Fsp3) is 0.562. The quantitative estimate of drug-likeness (QED) is 0.828. The first kappa shape index (κ1) is 14.1. The number of hydrogen-bond donors (Lipinski definition) is 1. The lowest BCUT2D eigenvalue weighted by atomic mass is 10.0. The molecule has 3 nitrogen and oxygen atoms in total. The van der Waals surface area contributed by atoms with Gasteiger partial charge in [-0.1, -0.05) is 38.1 Å². The number of carbonyl (C=O) groups is 1. The van der Waals surface area contributed by atoms with Crippen molar-refractivity contribution in [1.82, 2.24) is 5.32 Å². The smallest absolute Gasteiger partial charge is 0.323 e. The van der Waals surface area contributed by atoms with Crippen LogP contribution in [0.25, 0.3) is 0 Å². The molecule has 2 rings (SSSR count). The molecule has 104 valence electrons. The SMILES string of the molecule is CC(C)c1ccc(CCOC(=O)C2CCCN2)cc1. The van der Waals surface area contributed by atoms with Gasteiger partial charge in [-0.15, -0.1) is 0 Å². The van der Waals surface area contributed by atoms with Gasteiger partial charge in [0.2, 0.25) is 0 Å². The van der Waals surface area contributed by atoms with Gasteiger partial charge in [0.05, 0.1) is 6.61 Å². The van der Waals surface area contributed by atoms with Gasteiger partial charge in [-0.2, -0.15) is 0 Å². The standard InChI is InChI=1S/C16H23NO2/c1-12(2)14-7-5-13(6-8-14)9-11-19-16(18)15-4-3-10-17-15/h5-8,12,15,17H,3-4,9-11H2,1-2H3. The summed E-state index contributed by atoms with van der Waals surface area (Å²) in [7, 11) is 0. The maximum absolute atomic E-state index is 11.7. The maximum atomic E-state index is 11.7. The van der Waals surface area contributed by atoms with E-state index in [9.17, 15) is 4.79 Å². The van der Waals surface area contributed by atoms with Crippen LogP contribution in [0, 0.1) is 0 Å². The van der Waals surface area contributed by atoms with Gasteiger partial charge in [-0.3, -0.25) is 4.79 Å². The molecule has 3 heteroatoms. The summed E-state index contributed by atoms with van der Waals surface area (Å²) in [6.45, 7) is 5.77. The van der Waals surface area contributed by atoms with Crippen LogP contribution >= 0.6 is 0 Å². The molecule has 1 fully saturated rings. The summed E-state index contributed by atoms with van der Waals surface area (Å²) in [4.78, 5) is 11.7. The number of ether oxygens (including phenoxy) is 1. The van der Waals surface area contributed by atoms with E-state index in [-0.39, 0.29) is 12.0 Å². The molecule has 0 aromatic heterocycles. The van der Waals surface area contributed by atoms with Crippen molar-refractivity contribution in [3.8, 4) is 0 Å². The summed E-state index contributed by atoms with van der Waals surface area (Å²) in [5.74, 6) is 0.455. The molecule has 1 aromatic carbocycles. The van der Waals surface area contributed by atoms with E-state index in [0.29, 0.717) is 12.5 Å². The minimum atomic E-state index is -0.101. The predicted octanol–water partition coefficient (Wildman–Crippen LogP) is 2.65. The Morgan fingerprint density at radius 3 is 2.68 bits per heavy atom. The number of benzene rings is 1. The van der Waals surface area contributed by atoms with Crippen LogP contribution in [0.5, 0.6) is 0 Å². The van der Waals surface area contributed by atoms with Crippen LogP contribution in [-0.4, -0.2) is 25.2 Å². The first-order valence-corrected chi connectivity index (χ1v) is 7.15. The highest BCUT2D eigenvalue weighted by Gasteiger charge is 2.22. The van der Waals surface area contributed by atoms with Crippen LogP contribution in [0.1, 0.15) is 43.7 Å². The Hall–Kier alpha value is -1.35. The average molecular weight is 261 g/mol. The summed E-state index contributed by atoms with van der Waals surface area (Å²) in [5, 5.41) is 3.15. The molecule has 1 unspecified atom stereocenters. The molecule has 19 heavy (non-hydrogen) atoms. The van der Waals surface area contributed by atoms with Crippen LogP contribution in [0.3, 0.4) is 0 Å². The molecular weight excluding hydrogens is 238 g/mol. The van der Waals surface area contributed by atoms with Crippen molar-refractivity contribution >= 4 is 5.97 Å². The molecule has 1 N–H and O–H groups in total. The van der Waals surface area contributed by atoms with Gasteiger partial charge in [-0.05, 0) is 36.4 Å². The van der Waals surface area contributed by atoms with Crippen LogP contribution in [0.2, 0.25) is 0 Å². The summed E-state index contributed by atoms with van der Waals surface area (Å²) < 4.78 is 5.31. The minimum Gasteiger partial charge on any atom is -0.464 e. The first-order chi connectivity index (χ1) is 9.16. The Labute approximate surface area is 115 Å². The van der Waals surface area contributed by atoms with Gasteiger partial charge in [0, 0.05) is 6.42 Å².